The molecule has 0 aliphatic heterocycles. The number of hydrogen-bond donors (Lipinski definition) is 1. The minimum Gasteiger partial charge on any atom is -0.352 e. The van der Waals surface area contributed by atoms with E-state index >= 15 is 0 Å². The van der Waals surface area contributed by atoms with Crippen LogP contribution in [0.1, 0.15) is 18.9 Å². The molecule has 0 spiro atoms. The molecule has 0 saturated heterocycles. The number of ketones is 1. The first-order valence-electron chi connectivity index (χ1n) is 5.38. The Morgan fingerprint density at radius 1 is 1.29 bits per heavy atom. The maximum Gasteiger partial charge on any atom is 0.227 e. The van der Waals surface area contributed by atoms with Gasteiger partial charge in [0.25, 0.3) is 0 Å². The molecule has 2 rings (SSSR count). The molecule has 4 heteroatoms. The summed E-state index contributed by atoms with van der Waals surface area (Å²) in [7, 11) is 0. The van der Waals surface area contributed by atoms with E-state index in [4.69, 9.17) is 0 Å². The molecule has 1 aromatic carbocycles. The van der Waals surface area contributed by atoms with E-state index in [1.165, 1.54) is 17.0 Å². The number of rotatable bonds is 4. The van der Waals surface area contributed by atoms with Crippen LogP contribution < -0.4 is 5.32 Å². The molecule has 1 N–H and O–H groups in total. The Labute approximate surface area is 103 Å². The van der Waals surface area contributed by atoms with Crippen LogP contribution in [-0.4, -0.2) is 11.7 Å². The van der Waals surface area contributed by atoms with E-state index in [2.05, 4.69) is 11.4 Å². The number of fused-ring (bicyclic) bond motifs is 1. The highest BCUT2D eigenvalue weighted by molar-refractivity contribution is 7.17. The van der Waals surface area contributed by atoms with Crippen molar-refractivity contribution in [2.75, 3.05) is 0 Å². The molecule has 1 aromatic heterocycles. The summed E-state index contributed by atoms with van der Waals surface area (Å²) in [4.78, 5) is 22.1. The minimum absolute atomic E-state index is 0.0396. The summed E-state index contributed by atoms with van der Waals surface area (Å²) in [6.45, 7) is 1.90. The predicted octanol–water partition coefficient (Wildman–Crippen LogP) is 2.50. The number of carbonyl (C=O) groups excluding carboxylic acids is 2. The molecule has 0 radical (unpaired) electrons. The van der Waals surface area contributed by atoms with Crippen molar-refractivity contribution >= 4 is 33.1 Å². The highest BCUT2D eigenvalue weighted by atomic mass is 32.1. The topological polar surface area (TPSA) is 46.2 Å². The second kappa shape index (κ2) is 5.10. The second-order valence-electron chi connectivity index (χ2n) is 3.91. The van der Waals surface area contributed by atoms with Gasteiger partial charge in [0.1, 0.15) is 5.78 Å². The Hall–Kier alpha value is -1.68. The summed E-state index contributed by atoms with van der Waals surface area (Å²) in [5, 5.41) is 5.96. The third-order valence-corrected chi connectivity index (χ3v) is 3.46. The monoisotopic (exact) mass is 247 g/mol. The molecule has 0 unspecified atom stereocenters. The molecule has 2 aromatic rings. The van der Waals surface area contributed by atoms with Gasteiger partial charge in [-0.1, -0.05) is 18.2 Å². The van der Waals surface area contributed by atoms with Crippen molar-refractivity contribution < 1.29 is 9.59 Å². The van der Waals surface area contributed by atoms with E-state index in [9.17, 15) is 9.59 Å². The molecule has 88 valence electrons. The number of thiophene rings is 1. The highest BCUT2D eigenvalue weighted by Crippen LogP contribution is 2.25. The van der Waals surface area contributed by atoms with Gasteiger partial charge in [-0.3, -0.25) is 9.59 Å². The molecular weight excluding hydrogens is 234 g/mol. The van der Waals surface area contributed by atoms with Crippen LogP contribution in [0.2, 0.25) is 0 Å². The van der Waals surface area contributed by atoms with E-state index in [0.717, 1.165) is 5.56 Å². The third-order valence-electron chi connectivity index (χ3n) is 2.45. The van der Waals surface area contributed by atoms with E-state index < -0.39 is 0 Å². The van der Waals surface area contributed by atoms with Gasteiger partial charge in [0.05, 0.1) is 6.42 Å². The molecule has 17 heavy (non-hydrogen) atoms. The lowest BCUT2D eigenvalue weighted by molar-refractivity contribution is -0.127. The van der Waals surface area contributed by atoms with Crippen LogP contribution in [0.3, 0.4) is 0 Å². The number of benzene rings is 1. The van der Waals surface area contributed by atoms with Gasteiger partial charge in [0.2, 0.25) is 5.91 Å². The molecule has 3 nitrogen and oxygen atoms in total. The maximum absolute atomic E-state index is 11.4. The summed E-state index contributed by atoms with van der Waals surface area (Å²) in [6.07, 6.45) is -0.0396. The fraction of sp³-hybridized carbons (Fsp3) is 0.231. The zero-order chi connectivity index (χ0) is 12.3. The lowest BCUT2D eigenvalue weighted by Gasteiger charge is -2.02. The average molecular weight is 247 g/mol. The van der Waals surface area contributed by atoms with Crippen LogP contribution in [0.15, 0.2) is 29.6 Å². The maximum atomic E-state index is 11.4. The Balaban J connectivity index is 2.04. The second-order valence-corrected chi connectivity index (χ2v) is 4.82. The predicted molar refractivity (Wildman–Crippen MR) is 69.0 cm³/mol. The summed E-state index contributed by atoms with van der Waals surface area (Å²) in [6, 6.07) is 8.08. The minimum atomic E-state index is -0.215. The third kappa shape index (κ3) is 2.91. The highest BCUT2D eigenvalue weighted by Gasteiger charge is 2.07. The molecule has 0 bridgehead atoms. The Morgan fingerprint density at radius 2 is 2.06 bits per heavy atom. The van der Waals surface area contributed by atoms with Crippen LogP contribution in [0.5, 0.6) is 0 Å². The van der Waals surface area contributed by atoms with Gasteiger partial charge in [-0.05, 0) is 29.3 Å². The van der Waals surface area contributed by atoms with Gasteiger partial charge in [0, 0.05) is 11.2 Å². The largest absolute Gasteiger partial charge is 0.352 e. The van der Waals surface area contributed by atoms with Crippen LogP contribution in [0.4, 0.5) is 0 Å². The first kappa shape index (κ1) is 11.8. The number of Topliss-reactive ketones (excluding diaryl/α,β-unsaturated/α-hetero) is 1. The quantitative estimate of drug-likeness (QED) is 0.844. The van der Waals surface area contributed by atoms with Crippen molar-refractivity contribution in [3.63, 3.8) is 0 Å². The van der Waals surface area contributed by atoms with Crippen molar-refractivity contribution in [2.24, 2.45) is 0 Å². The van der Waals surface area contributed by atoms with Gasteiger partial charge in [-0.2, -0.15) is 0 Å². The standard InChI is InChI=1S/C13H13NO2S/c1-9(15)6-13(16)14-7-10-8-17-12-5-3-2-4-11(10)12/h2-5,8H,6-7H2,1H3,(H,14,16). The van der Waals surface area contributed by atoms with Crippen LogP contribution >= 0.6 is 11.3 Å². The molecule has 0 aliphatic rings. The van der Waals surface area contributed by atoms with Crippen LogP contribution in [0.25, 0.3) is 10.1 Å². The van der Waals surface area contributed by atoms with Crippen LogP contribution in [0, 0.1) is 0 Å². The van der Waals surface area contributed by atoms with E-state index in [0.29, 0.717) is 6.54 Å². The number of hydrogen-bond acceptors (Lipinski definition) is 3. The SMILES string of the molecule is CC(=O)CC(=O)NCc1csc2ccccc12. The fourth-order valence-corrected chi connectivity index (χ4v) is 2.61. The summed E-state index contributed by atoms with van der Waals surface area (Å²) < 4.78 is 1.21. The summed E-state index contributed by atoms with van der Waals surface area (Å²) >= 11 is 1.66. The molecular formula is C13H13NO2S. The number of nitrogens with one attached hydrogen (secondary N) is 1. The molecule has 0 atom stereocenters. The lowest BCUT2D eigenvalue weighted by Crippen LogP contribution is -2.24. The fourth-order valence-electron chi connectivity index (χ4n) is 1.65. The molecule has 1 amide bonds. The molecule has 1 heterocycles. The van der Waals surface area contributed by atoms with Gasteiger partial charge < -0.3 is 5.32 Å². The normalized spacial score (nSPS) is 10.4. The van der Waals surface area contributed by atoms with Crippen molar-refractivity contribution in [2.45, 2.75) is 19.9 Å². The molecule has 0 saturated carbocycles. The average Bonchev–Trinajstić information content (AvgIpc) is 2.69. The zero-order valence-electron chi connectivity index (χ0n) is 9.53. The van der Waals surface area contributed by atoms with Gasteiger partial charge in [-0.25, -0.2) is 0 Å². The summed E-state index contributed by atoms with van der Waals surface area (Å²) in [5.74, 6) is -0.328. The van der Waals surface area contributed by atoms with E-state index in [1.54, 1.807) is 11.3 Å². The Kier molecular flexibility index (Phi) is 3.54. The van der Waals surface area contributed by atoms with Crippen molar-refractivity contribution in [1.82, 2.24) is 5.32 Å². The van der Waals surface area contributed by atoms with Gasteiger partial charge in [0.15, 0.2) is 0 Å². The first-order valence-corrected chi connectivity index (χ1v) is 6.26. The smallest absolute Gasteiger partial charge is 0.227 e. The van der Waals surface area contributed by atoms with Crippen molar-refractivity contribution in [3.8, 4) is 0 Å². The zero-order valence-corrected chi connectivity index (χ0v) is 10.3. The van der Waals surface area contributed by atoms with E-state index in [1.807, 2.05) is 23.6 Å². The van der Waals surface area contributed by atoms with Crippen LogP contribution in [-0.2, 0) is 16.1 Å². The van der Waals surface area contributed by atoms with Gasteiger partial charge in [-0.15, -0.1) is 11.3 Å². The van der Waals surface area contributed by atoms with Crippen molar-refractivity contribution in [1.29, 1.82) is 0 Å². The van der Waals surface area contributed by atoms with Gasteiger partial charge >= 0.3 is 0 Å². The molecule has 0 aliphatic carbocycles. The van der Waals surface area contributed by atoms with Crippen molar-refractivity contribution in [3.05, 3.63) is 35.2 Å². The first-order chi connectivity index (χ1) is 8.16. The van der Waals surface area contributed by atoms with E-state index in [-0.39, 0.29) is 18.1 Å². The Bertz CT molecular complexity index is 559. The Morgan fingerprint density at radius 3 is 2.82 bits per heavy atom. The number of amides is 1. The number of carbonyl (C=O) groups is 2. The lowest BCUT2D eigenvalue weighted by atomic mass is 10.2. The summed E-state index contributed by atoms with van der Waals surface area (Å²) in [5.41, 5.74) is 1.10. The molecule has 0 fully saturated rings.